The van der Waals surface area contributed by atoms with Crippen molar-refractivity contribution in [2.24, 2.45) is 0 Å². The van der Waals surface area contributed by atoms with E-state index in [0.29, 0.717) is 29.0 Å². The topological polar surface area (TPSA) is 59.1 Å². The predicted molar refractivity (Wildman–Crippen MR) is 91.5 cm³/mol. The summed E-state index contributed by atoms with van der Waals surface area (Å²) in [5.41, 5.74) is 1.76. The summed E-state index contributed by atoms with van der Waals surface area (Å²) < 4.78 is 5.36. The maximum Gasteiger partial charge on any atom is 0.143 e. The lowest BCUT2D eigenvalue weighted by atomic mass is 10.2. The van der Waals surface area contributed by atoms with Gasteiger partial charge < -0.3 is 15.4 Å². The highest BCUT2D eigenvalue weighted by molar-refractivity contribution is 6.31. The van der Waals surface area contributed by atoms with Crippen LogP contribution in [0.25, 0.3) is 0 Å². The van der Waals surface area contributed by atoms with E-state index in [1.807, 2.05) is 26.0 Å². The third kappa shape index (κ3) is 3.89. The van der Waals surface area contributed by atoms with Crippen molar-refractivity contribution in [1.82, 2.24) is 9.97 Å². The Kier molecular flexibility index (Phi) is 5.22. The largest absolute Gasteiger partial charge is 0.495 e. The van der Waals surface area contributed by atoms with E-state index in [4.69, 9.17) is 16.3 Å². The second kappa shape index (κ2) is 7.13. The van der Waals surface area contributed by atoms with E-state index in [1.54, 1.807) is 19.3 Å². The molecule has 5 nitrogen and oxygen atoms in total. The fourth-order valence-corrected chi connectivity index (χ4v) is 2.12. The molecule has 1 heterocycles. The van der Waals surface area contributed by atoms with Crippen LogP contribution in [0.1, 0.15) is 11.4 Å². The summed E-state index contributed by atoms with van der Waals surface area (Å²) in [6.07, 6.45) is 1.77. The van der Waals surface area contributed by atoms with E-state index >= 15 is 0 Å². The Morgan fingerprint density at radius 1 is 1.23 bits per heavy atom. The standard InChI is InChI=1S/C16H19ClN4O/c1-5-6-18-15-9-16(20-11(3)19-15)21-13-7-10(2)12(17)8-14(13)22-4/h5,7-9H,1,6H2,2-4H3,(H2,18,19,20,21). The summed E-state index contributed by atoms with van der Waals surface area (Å²) in [6.45, 7) is 8.10. The maximum absolute atomic E-state index is 6.12. The van der Waals surface area contributed by atoms with Gasteiger partial charge in [-0.15, -0.1) is 6.58 Å². The number of hydrogen-bond acceptors (Lipinski definition) is 5. The van der Waals surface area contributed by atoms with Gasteiger partial charge in [0.2, 0.25) is 0 Å². The number of ether oxygens (including phenoxy) is 1. The van der Waals surface area contributed by atoms with Gasteiger partial charge >= 0.3 is 0 Å². The highest BCUT2D eigenvalue weighted by Gasteiger charge is 2.09. The molecular formula is C16H19ClN4O. The monoisotopic (exact) mass is 318 g/mol. The normalized spacial score (nSPS) is 10.2. The van der Waals surface area contributed by atoms with E-state index in [1.165, 1.54) is 0 Å². The lowest BCUT2D eigenvalue weighted by Gasteiger charge is -2.14. The zero-order valence-corrected chi connectivity index (χ0v) is 13.7. The van der Waals surface area contributed by atoms with E-state index in [0.717, 1.165) is 17.1 Å². The van der Waals surface area contributed by atoms with Crippen LogP contribution in [0.3, 0.4) is 0 Å². The number of benzene rings is 1. The van der Waals surface area contributed by atoms with Crippen LogP contribution in [0.15, 0.2) is 30.9 Å². The molecule has 2 rings (SSSR count). The summed E-state index contributed by atoms with van der Waals surface area (Å²) in [6, 6.07) is 5.54. The molecule has 0 atom stereocenters. The van der Waals surface area contributed by atoms with Gasteiger partial charge in [0, 0.05) is 23.7 Å². The molecule has 1 aromatic heterocycles. The highest BCUT2D eigenvalue weighted by atomic mass is 35.5. The summed E-state index contributed by atoms with van der Waals surface area (Å²) in [5, 5.41) is 7.06. The minimum Gasteiger partial charge on any atom is -0.495 e. The Balaban J connectivity index is 2.32. The quantitative estimate of drug-likeness (QED) is 0.785. The number of aryl methyl sites for hydroxylation is 2. The second-order valence-corrected chi connectivity index (χ2v) is 5.19. The molecule has 6 heteroatoms. The third-order valence-corrected chi connectivity index (χ3v) is 3.42. The Morgan fingerprint density at radius 2 is 1.95 bits per heavy atom. The van der Waals surface area contributed by atoms with Gasteiger partial charge in [-0.3, -0.25) is 0 Å². The SMILES string of the molecule is C=CCNc1cc(Nc2cc(C)c(Cl)cc2OC)nc(C)n1. The average molecular weight is 319 g/mol. The molecule has 116 valence electrons. The van der Waals surface area contributed by atoms with Gasteiger partial charge in [0.15, 0.2) is 0 Å². The van der Waals surface area contributed by atoms with Gasteiger partial charge in [-0.2, -0.15) is 0 Å². The minimum atomic E-state index is 0.638. The smallest absolute Gasteiger partial charge is 0.143 e. The molecule has 0 unspecified atom stereocenters. The number of nitrogens with one attached hydrogen (secondary N) is 2. The van der Waals surface area contributed by atoms with Crippen molar-refractivity contribution in [2.75, 3.05) is 24.3 Å². The molecule has 0 spiro atoms. The fraction of sp³-hybridized carbons (Fsp3) is 0.250. The average Bonchev–Trinajstić information content (AvgIpc) is 2.48. The van der Waals surface area contributed by atoms with Crippen molar-refractivity contribution in [3.8, 4) is 5.75 Å². The Bertz CT molecular complexity index is 688. The first-order chi connectivity index (χ1) is 10.5. The molecule has 0 amide bonds. The number of halogens is 1. The third-order valence-electron chi connectivity index (χ3n) is 3.01. The molecule has 0 bridgehead atoms. The van der Waals surface area contributed by atoms with Crippen LogP contribution in [0, 0.1) is 13.8 Å². The van der Waals surface area contributed by atoms with Crippen molar-refractivity contribution in [3.63, 3.8) is 0 Å². The summed E-state index contributed by atoms with van der Waals surface area (Å²) in [5.74, 6) is 2.74. The predicted octanol–water partition coefficient (Wildman–Crippen LogP) is 4.10. The molecule has 1 aromatic carbocycles. The Labute approximate surface area is 135 Å². The van der Waals surface area contributed by atoms with Crippen molar-refractivity contribution >= 4 is 28.9 Å². The first-order valence-electron chi connectivity index (χ1n) is 6.85. The molecule has 0 aliphatic rings. The molecule has 22 heavy (non-hydrogen) atoms. The van der Waals surface area contributed by atoms with Crippen LogP contribution in [0.2, 0.25) is 5.02 Å². The van der Waals surface area contributed by atoms with E-state index < -0.39 is 0 Å². The first-order valence-corrected chi connectivity index (χ1v) is 7.23. The van der Waals surface area contributed by atoms with Gasteiger partial charge in [-0.25, -0.2) is 9.97 Å². The van der Waals surface area contributed by atoms with Crippen molar-refractivity contribution in [3.05, 3.63) is 47.3 Å². The van der Waals surface area contributed by atoms with Gasteiger partial charge in [0.25, 0.3) is 0 Å². The molecule has 0 fully saturated rings. The Hall–Kier alpha value is -2.27. The first kappa shape index (κ1) is 16.1. The minimum absolute atomic E-state index is 0.638. The molecule has 2 aromatic rings. The summed E-state index contributed by atoms with van der Waals surface area (Å²) in [4.78, 5) is 8.71. The van der Waals surface area contributed by atoms with Gasteiger partial charge in [0.1, 0.15) is 23.2 Å². The highest BCUT2D eigenvalue weighted by Crippen LogP contribution is 2.32. The summed E-state index contributed by atoms with van der Waals surface area (Å²) in [7, 11) is 1.61. The zero-order chi connectivity index (χ0) is 16.1. The van der Waals surface area contributed by atoms with Crippen molar-refractivity contribution in [2.45, 2.75) is 13.8 Å². The lowest BCUT2D eigenvalue weighted by molar-refractivity contribution is 0.416. The molecule has 0 saturated carbocycles. The Morgan fingerprint density at radius 3 is 2.64 bits per heavy atom. The number of methoxy groups -OCH3 is 1. The molecule has 0 aliphatic heterocycles. The second-order valence-electron chi connectivity index (χ2n) is 4.78. The van der Waals surface area contributed by atoms with Crippen molar-refractivity contribution in [1.29, 1.82) is 0 Å². The van der Waals surface area contributed by atoms with Gasteiger partial charge in [0.05, 0.1) is 12.8 Å². The molecular weight excluding hydrogens is 300 g/mol. The van der Waals surface area contributed by atoms with Crippen LogP contribution in [0.5, 0.6) is 5.75 Å². The maximum atomic E-state index is 6.12. The molecule has 0 saturated heterocycles. The molecule has 0 radical (unpaired) electrons. The molecule has 0 aliphatic carbocycles. The number of nitrogens with zero attached hydrogens (tertiary/aromatic N) is 2. The number of hydrogen-bond donors (Lipinski definition) is 2. The van der Waals surface area contributed by atoms with E-state index in [-0.39, 0.29) is 0 Å². The van der Waals surface area contributed by atoms with E-state index in [2.05, 4.69) is 27.2 Å². The van der Waals surface area contributed by atoms with Crippen LogP contribution >= 0.6 is 11.6 Å². The zero-order valence-electron chi connectivity index (χ0n) is 12.9. The summed E-state index contributed by atoms with van der Waals surface area (Å²) >= 11 is 6.12. The fourth-order valence-electron chi connectivity index (χ4n) is 1.97. The van der Waals surface area contributed by atoms with E-state index in [9.17, 15) is 0 Å². The van der Waals surface area contributed by atoms with Crippen LogP contribution in [-0.4, -0.2) is 23.6 Å². The van der Waals surface area contributed by atoms with Gasteiger partial charge in [-0.1, -0.05) is 17.7 Å². The lowest BCUT2D eigenvalue weighted by Crippen LogP contribution is -2.05. The van der Waals surface area contributed by atoms with Crippen LogP contribution < -0.4 is 15.4 Å². The molecule has 2 N–H and O–H groups in total. The number of rotatable bonds is 6. The van der Waals surface area contributed by atoms with Crippen LogP contribution in [0.4, 0.5) is 17.3 Å². The van der Waals surface area contributed by atoms with Crippen molar-refractivity contribution < 1.29 is 4.74 Å². The van der Waals surface area contributed by atoms with Gasteiger partial charge in [-0.05, 0) is 25.5 Å². The van der Waals surface area contributed by atoms with Crippen LogP contribution in [-0.2, 0) is 0 Å². The number of aromatic nitrogens is 2. The number of anilines is 3.